The van der Waals surface area contributed by atoms with Crippen molar-refractivity contribution in [3.8, 4) is 5.95 Å². The molecule has 2 aromatic heterocycles. The summed E-state index contributed by atoms with van der Waals surface area (Å²) in [4.78, 5) is 13.0. The summed E-state index contributed by atoms with van der Waals surface area (Å²) >= 11 is 0. The van der Waals surface area contributed by atoms with Crippen LogP contribution in [0, 0.1) is 0 Å². The lowest BCUT2D eigenvalue weighted by Crippen LogP contribution is -2.19. The van der Waals surface area contributed by atoms with Gasteiger partial charge in [-0.2, -0.15) is 0 Å². The van der Waals surface area contributed by atoms with Gasteiger partial charge in [-0.05, 0) is 0 Å². The summed E-state index contributed by atoms with van der Waals surface area (Å²) < 4.78 is 6.87. The summed E-state index contributed by atoms with van der Waals surface area (Å²) in [5, 5.41) is 3.26. The van der Waals surface area contributed by atoms with Crippen LogP contribution in [-0.4, -0.2) is 39.8 Å². The lowest BCUT2D eigenvalue weighted by atomic mass is 10.3. The molecule has 0 spiro atoms. The van der Waals surface area contributed by atoms with Crippen molar-refractivity contribution in [2.45, 2.75) is 19.9 Å². The maximum Gasteiger partial charge on any atom is 0.235 e. The third kappa shape index (κ3) is 3.59. The van der Waals surface area contributed by atoms with Crippen molar-refractivity contribution in [2.75, 3.05) is 20.3 Å². The molecule has 2 aromatic rings. The highest BCUT2D eigenvalue weighted by molar-refractivity contribution is 5.17. The van der Waals surface area contributed by atoms with Gasteiger partial charge in [0.25, 0.3) is 0 Å². The summed E-state index contributed by atoms with van der Waals surface area (Å²) in [5.41, 5.74) is 1.05. The van der Waals surface area contributed by atoms with Gasteiger partial charge in [-0.15, -0.1) is 0 Å². The molecular weight excluding hydrogens is 242 g/mol. The van der Waals surface area contributed by atoms with E-state index in [1.807, 2.05) is 23.2 Å². The van der Waals surface area contributed by atoms with E-state index in [0.29, 0.717) is 12.6 Å². The van der Waals surface area contributed by atoms with Crippen LogP contribution in [0.2, 0.25) is 0 Å². The van der Waals surface area contributed by atoms with E-state index >= 15 is 0 Å². The van der Waals surface area contributed by atoms with E-state index in [2.05, 4.69) is 27.2 Å². The monoisotopic (exact) mass is 261 g/mol. The Balaban J connectivity index is 1.98. The van der Waals surface area contributed by atoms with Crippen LogP contribution in [0.4, 0.5) is 0 Å². The molecule has 0 aliphatic carbocycles. The van der Waals surface area contributed by atoms with Crippen LogP contribution in [-0.2, 0) is 17.7 Å². The Morgan fingerprint density at radius 1 is 1.26 bits per heavy atom. The maximum atomic E-state index is 4.97. The zero-order valence-electron chi connectivity index (χ0n) is 11.3. The Hall–Kier alpha value is -1.79. The molecule has 0 saturated heterocycles. The first-order chi connectivity index (χ1) is 9.35. The number of imidazole rings is 1. The van der Waals surface area contributed by atoms with Gasteiger partial charge < -0.3 is 10.1 Å². The number of nitrogens with one attached hydrogen (secondary N) is 1. The molecule has 2 heterocycles. The zero-order chi connectivity index (χ0) is 13.5. The molecule has 1 N–H and O–H groups in total. The van der Waals surface area contributed by atoms with Crippen molar-refractivity contribution >= 4 is 0 Å². The first kappa shape index (κ1) is 13.6. The first-order valence-corrected chi connectivity index (χ1v) is 6.38. The van der Waals surface area contributed by atoms with Crippen molar-refractivity contribution in [3.63, 3.8) is 0 Å². The topological polar surface area (TPSA) is 64.9 Å². The van der Waals surface area contributed by atoms with E-state index in [9.17, 15) is 0 Å². The predicted octanol–water partition coefficient (Wildman–Crippen LogP) is 0.961. The molecule has 0 fully saturated rings. The number of nitrogens with zero attached hydrogens (tertiary/aromatic N) is 4. The van der Waals surface area contributed by atoms with Crippen LogP contribution < -0.4 is 5.32 Å². The second-order valence-corrected chi connectivity index (χ2v) is 4.13. The third-order valence-corrected chi connectivity index (χ3v) is 2.75. The average molecular weight is 261 g/mol. The van der Waals surface area contributed by atoms with Gasteiger partial charge in [-0.25, -0.2) is 15.0 Å². The second kappa shape index (κ2) is 6.96. The average Bonchev–Trinajstić information content (AvgIpc) is 2.93. The van der Waals surface area contributed by atoms with Crippen LogP contribution >= 0.6 is 0 Å². The van der Waals surface area contributed by atoms with E-state index in [-0.39, 0.29) is 0 Å². The van der Waals surface area contributed by atoms with Gasteiger partial charge in [-0.3, -0.25) is 4.57 Å². The number of methoxy groups -OCH3 is 1. The van der Waals surface area contributed by atoms with Crippen molar-refractivity contribution in [2.24, 2.45) is 0 Å². The van der Waals surface area contributed by atoms with E-state index < -0.39 is 0 Å². The summed E-state index contributed by atoms with van der Waals surface area (Å²) in [5.74, 6) is 1.63. The van der Waals surface area contributed by atoms with Crippen LogP contribution in [0.15, 0.2) is 24.8 Å². The fourth-order valence-corrected chi connectivity index (χ4v) is 1.75. The Bertz CT molecular complexity index is 494. The molecule has 0 unspecified atom stereocenters. The number of rotatable bonds is 7. The third-order valence-electron chi connectivity index (χ3n) is 2.75. The molecule has 0 radical (unpaired) electrons. The molecule has 19 heavy (non-hydrogen) atoms. The minimum absolute atomic E-state index is 0.662. The van der Waals surface area contributed by atoms with Gasteiger partial charge in [0.05, 0.1) is 6.61 Å². The largest absolute Gasteiger partial charge is 0.383 e. The van der Waals surface area contributed by atoms with Gasteiger partial charge in [0.1, 0.15) is 5.82 Å². The van der Waals surface area contributed by atoms with E-state index in [1.165, 1.54) is 0 Å². The highest BCUT2D eigenvalue weighted by Gasteiger charge is 2.05. The summed E-state index contributed by atoms with van der Waals surface area (Å²) in [6.45, 7) is 4.33. The highest BCUT2D eigenvalue weighted by atomic mass is 16.5. The molecule has 0 amide bonds. The molecule has 0 atom stereocenters. The molecule has 6 heteroatoms. The smallest absolute Gasteiger partial charge is 0.235 e. The van der Waals surface area contributed by atoms with Gasteiger partial charge >= 0.3 is 0 Å². The molecular formula is C13H19N5O. The van der Waals surface area contributed by atoms with Crippen molar-refractivity contribution in [3.05, 3.63) is 36.2 Å². The highest BCUT2D eigenvalue weighted by Crippen LogP contribution is 2.06. The molecule has 0 bridgehead atoms. The Morgan fingerprint density at radius 2 is 2.05 bits per heavy atom. The molecule has 2 rings (SSSR count). The number of aromatic nitrogens is 4. The lowest BCUT2D eigenvalue weighted by molar-refractivity contribution is 0.199. The fourth-order valence-electron chi connectivity index (χ4n) is 1.75. The SMILES string of the molecule is CCc1nccn1-c1ncc(CNCCOC)cn1. The number of ether oxygens (including phenoxy) is 1. The van der Waals surface area contributed by atoms with Gasteiger partial charge in [0, 0.05) is 57.0 Å². The van der Waals surface area contributed by atoms with Crippen molar-refractivity contribution in [1.82, 2.24) is 24.8 Å². The molecule has 0 aliphatic rings. The number of hydrogen-bond donors (Lipinski definition) is 1. The summed E-state index contributed by atoms with van der Waals surface area (Å²) in [6.07, 6.45) is 8.17. The van der Waals surface area contributed by atoms with Gasteiger partial charge in [0.2, 0.25) is 5.95 Å². The first-order valence-electron chi connectivity index (χ1n) is 6.38. The van der Waals surface area contributed by atoms with E-state index in [4.69, 9.17) is 4.74 Å². The van der Waals surface area contributed by atoms with Crippen LogP contribution in [0.1, 0.15) is 18.3 Å². The second-order valence-electron chi connectivity index (χ2n) is 4.13. The Kier molecular flexibility index (Phi) is 5.00. The zero-order valence-corrected chi connectivity index (χ0v) is 11.3. The van der Waals surface area contributed by atoms with Gasteiger partial charge in [0.15, 0.2) is 0 Å². The maximum absolute atomic E-state index is 4.97. The lowest BCUT2D eigenvalue weighted by Gasteiger charge is -2.06. The van der Waals surface area contributed by atoms with Crippen LogP contribution in [0.3, 0.4) is 0 Å². The van der Waals surface area contributed by atoms with E-state index in [1.54, 1.807) is 13.3 Å². The number of hydrogen-bond acceptors (Lipinski definition) is 5. The minimum Gasteiger partial charge on any atom is -0.383 e. The summed E-state index contributed by atoms with van der Waals surface area (Å²) in [7, 11) is 1.69. The van der Waals surface area contributed by atoms with Crippen LogP contribution in [0.5, 0.6) is 0 Å². The predicted molar refractivity (Wildman–Crippen MR) is 72.1 cm³/mol. The van der Waals surface area contributed by atoms with Crippen molar-refractivity contribution in [1.29, 1.82) is 0 Å². The van der Waals surface area contributed by atoms with Crippen molar-refractivity contribution < 1.29 is 4.74 Å². The van der Waals surface area contributed by atoms with Crippen LogP contribution in [0.25, 0.3) is 5.95 Å². The standard InChI is InChI=1S/C13H19N5O/c1-3-12-15-4-6-18(12)13-16-9-11(10-17-13)8-14-5-7-19-2/h4,6,9-10,14H,3,5,7-8H2,1-2H3. The Labute approximate surface area is 112 Å². The molecule has 0 saturated carbocycles. The number of aryl methyl sites for hydroxylation is 1. The normalized spacial score (nSPS) is 10.8. The fraction of sp³-hybridized carbons (Fsp3) is 0.462. The summed E-state index contributed by atoms with van der Waals surface area (Å²) in [6, 6.07) is 0. The van der Waals surface area contributed by atoms with E-state index in [0.717, 1.165) is 30.9 Å². The molecule has 0 aliphatic heterocycles. The molecule has 102 valence electrons. The molecule has 6 nitrogen and oxygen atoms in total. The quantitative estimate of drug-likeness (QED) is 0.752. The minimum atomic E-state index is 0.662. The molecule has 0 aromatic carbocycles. The Morgan fingerprint density at radius 3 is 2.74 bits per heavy atom. The van der Waals surface area contributed by atoms with Gasteiger partial charge in [-0.1, -0.05) is 6.92 Å².